The molecule has 0 bridgehead atoms. The number of rotatable bonds is 3. The van der Waals surface area contributed by atoms with Crippen molar-refractivity contribution in [2.75, 3.05) is 37.7 Å². The normalized spacial score (nSPS) is 20.8. The van der Waals surface area contributed by atoms with Crippen molar-refractivity contribution in [1.82, 2.24) is 4.90 Å². The van der Waals surface area contributed by atoms with Gasteiger partial charge in [0, 0.05) is 25.3 Å². The van der Waals surface area contributed by atoms with Crippen molar-refractivity contribution in [3.05, 3.63) is 65.7 Å². The third kappa shape index (κ3) is 3.07. The highest BCUT2D eigenvalue weighted by atomic mass is 16.5. The number of benzene rings is 2. The number of para-hydroxylation sites is 1. The van der Waals surface area contributed by atoms with Gasteiger partial charge in [-0.25, -0.2) is 0 Å². The summed E-state index contributed by atoms with van der Waals surface area (Å²) < 4.78 is 5.89. The summed E-state index contributed by atoms with van der Waals surface area (Å²) in [4.78, 5) is 16.9. The van der Waals surface area contributed by atoms with Crippen LogP contribution in [-0.4, -0.2) is 43.6 Å². The van der Waals surface area contributed by atoms with E-state index in [4.69, 9.17) is 4.74 Å². The van der Waals surface area contributed by atoms with E-state index in [1.54, 1.807) is 0 Å². The molecule has 124 valence electrons. The maximum atomic E-state index is 12.8. The topological polar surface area (TPSA) is 32.8 Å². The number of ether oxygens (including phenoxy) is 1. The van der Waals surface area contributed by atoms with Gasteiger partial charge in [-0.2, -0.15) is 0 Å². The van der Waals surface area contributed by atoms with Crippen LogP contribution in [0.1, 0.15) is 17.2 Å². The summed E-state index contributed by atoms with van der Waals surface area (Å²) >= 11 is 0. The van der Waals surface area contributed by atoms with Gasteiger partial charge in [0.2, 0.25) is 5.91 Å². The summed E-state index contributed by atoms with van der Waals surface area (Å²) in [7, 11) is 0. The number of carbonyl (C=O) groups is 1. The number of carbonyl (C=O) groups excluding carboxylic acids is 1. The van der Waals surface area contributed by atoms with Crippen LogP contribution in [0.3, 0.4) is 0 Å². The Morgan fingerprint density at radius 1 is 1.04 bits per heavy atom. The van der Waals surface area contributed by atoms with Crippen molar-refractivity contribution in [2.45, 2.75) is 12.5 Å². The fourth-order valence-corrected chi connectivity index (χ4v) is 3.59. The lowest BCUT2D eigenvalue weighted by Gasteiger charge is -2.33. The fraction of sp³-hybridized carbons (Fsp3) is 0.350. The highest BCUT2D eigenvalue weighted by Gasteiger charge is 2.28. The van der Waals surface area contributed by atoms with Crippen molar-refractivity contribution in [2.24, 2.45) is 0 Å². The minimum Gasteiger partial charge on any atom is -0.371 e. The van der Waals surface area contributed by atoms with Gasteiger partial charge in [0.15, 0.2) is 0 Å². The Morgan fingerprint density at radius 3 is 2.71 bits per heavy atom. The van der Waals surface area contributed by atoms with Crippen LogP contribution in [0.2, 0.25) is 0 Å². The van der Waals surface area contributed by atoms with Gasteiger partial charge in [-0.15, -0.1) is 0 Å². The van der Waals surface area contributed by atoms with Crippen LogP contribution in [0.15, 0.2) is 54.6 Å². The van der Waals surface area contributed by atoms with Gasteiger partial charge in [-0.1, -0.05) is 48.5 Å². The summed E-state index contributed by atoms with van der Waals surface area (Å²) in [5, 5.41) is 0. The molecule has 0 spiro atoms. The number of amides is 1. The molecule has 0 aliphatic carbocycles. The maximum absolute atomic E-state index is 12.8. The highest BCUT2D eigenvalue weighted by Crippen LogP contribution is 2.28. The molecule has 2 aromatic rings. The predicted octanol–water partition coefficient (Wildman–Crippen LogP) is 2.65. The van der Waals surface area contributed by atoms with Crippen molar-refractivity contribution in [3.63, 3.8) is 0 Å². The average Bonchev–Trinajstić information content (AvgIpc) is 3.07. The molecule has 2 aliphatic heterocycles. The summed E-state index contributed by atoms with van der Waals surface area (Å²) in [6, 6.07) is 18.5. The number of hydrogen-bond acceptors (Lipinski definition) is 3. The van der Waals surface area contributed by atoms with E-state index >= 15 is 0 Å². The second-order valence-electron chi connectivity index (χ2n) is 6.43. The molecule has 4 rings (SSSR count). The quantitative estimate of drug-likeness (QED) is 0.871. The zero-order chi connectivity index (χ0) is 16.4. The highest BCUT2D eigenvalue weighted by molar-refractivity contribution is 5.96. The molecule has 24 heavy (non-hydrogen) atoms. The molecule has 0 N–H and O–H groups in total. The van der Waals surface area contributed by atoms with Gasteiger partial charge in [-0.3, -0.25) is 9.69 Å². The SMILES string of the molecule is O=C(CN1CCOC(c2ccccc2)C1)N1CCc2ccccc21. The van der Waals surface area contributed by atoms with Crippen LogP contribution in [0.4, 0.5) is 5.69 Å². The first-order valence-electron chi connectivity index (χ1n) is 8.58. The summed E-state index contributed by atoms with van der Waals surface area (Å²) in [6.07, 6.45) is 1.01. The predicted molar refractivity (Wildman–Crippen MR) is 94.1 cm³/mol. The van der Waals surface area contributed by atoms with Crippen molar-refractivity contribution >= 4 is 11.6 Å². The maximum Gasteiger partial charge on any atom is 0.241 e. The zero-order valence-corrected chi connectivity index (χ0v) is 13.7. The molecule has 2 aliphatic rings. The van der Waals surface area contributed by atoms with Crippen LogP contribution in [-0.2, 0) is 16.0 Å². The minimum atomic E-state index is 0.0543. The molecule has 1 amide bonds. The molecule has 2 aromatic carbocycles. The first kappa shape index (κ1) is 15.4. The largest absolute Gasteiger partial charge is 0.371 e. The number of anilines is 1. The zero-order valence-electron chi connectivity index (χ0n) is 13.7. The Labute approximate surface area is 142 Å². The molecule has 4 heteroatoms. The van der Waals surface area contributed by atoms with Crippen LogP contribution in [0.5, 0.6) is 0 Å². The van der Waals surface area contributed by atoms with E-state index in [-0.39, 0.29) is 12.0 Å². The molecule has 0 aromatic heterocycles. The number of fused-ring (bicyclic) bond motifs is 1. The lowest BCUT2D eigenvalue weighted by molar-refractivity contribution is -0.121. The van der Waals surface area contributed by atoms with E-state index in [9.17, 15) is 4.79 Å². The van der Waals surface area contributed by atoms with Crippen LogP contribution >= 0.6 is 0 Å². The Kier molecular flexibility index (Phi) is 4.32. The minimum absolute atomic E-state index is 0.0543. The number of hydrogen-bond donors (Lipinski definition) is 0. The van der Waals surface area contributed by atoms with Gasteiger partial charge in [0.1, 0.15) is 0 Å². The fourth-order valence-electron chi connectivity index (χ4n) is 3.59. The van der Waals surface area contributed by atoms with Gasteiger partial charge >= 0.3 is 0 Å². The third-order valence-electron chi connectivity index (χ3n) is 4.87. The lowest BCUT2D eigenvalue weighted by Crippen LogP contribution is -2.45. The van der Waals surface area contributed by atoms with E-state index in [2.05, 4.69) is 23.1 Å². The molecule has 4 nitrogen and oxygen atoms in total. The van der Waals surface area contributed by atoms with E-state index < -0.39 is 0 Å². The van der Waals surface area contributed by atoms with Crippen LogP contribution < -0.4 is 4.90 Å². The van der Waals surface area contributed by atoms with Gasteiger partial charge in [-0.05, 0) is 23.6 Å². The first-order chi connectivity index (χ1) is 11.8. The van der Waals surface area contributed by atoms with Crippen molar-refractivity contribution < 1.29 is 9.53 Å². The van der Waals surface area contributed by atoms with Gasteiger partial charge < -0.3 is 9.64 Å². The number of morpholine rings is 1. The smallest absolute Gasteiger partial charge is 0.241 e. The van der Waals surface area contributed by atoms with E-state index in [1.165, 1.54) is 11.1 Å². The molecular weight excluding hydrogens is 300 g/mol. The standard InChI is InChI=1S/C20H22N2O2/c23-20(22-11-10-16-6-4-5-9-18(16)22)15-21-12-13-24-19(14-21)17-7-2-1-3-8-17/h1-9,19H,10-15H2. The summed E-state index contributed by atoms with van der Waals surface area (Å²) in [5.74, 6) is 0.189. The van der Waals surface area contributed by atoms with Crippen LogP contribution in [0.25, 0.3) is 0 Å². The first-order valence-corrected chi connectivity index (χ1v) is 8.58. The molecule has 1 atom stereocenters. The summed E-state index contributed by atoms with van der Waals surface area (Å²) in [6.45, 7) is 3.50. The Balaban J connectivity index is 1.41. The van der Waals surface area contributed by atoms with Gasteiger partial charge in [0.05, 0.1) is 19.3 Å². The number of nitrogens with zero attached hydrogens (tertiary/aromatic N) is 2. The van der Waals surface area contributed by atoms with Crippen molar-refractivity contribution in [3.8, 4) is 0 Å². The molecule has 1 fully saturated rings. The van der Waals surface area contributed by atoms with E-state index in [0.717, 1.165) is 31.7 Å². The Bertz CT molecular complexity index is 717. The van der Waals surface area contributed by atoms with Crippen LogP contribution in [0, 0.1) is 0 Å². The second-order valence-corrected chi connectivity index (χ2v) is 6.43. The average molecular weight is 322 g/mol. The molecule has 0 radical (unpaired) electrons. The molecular formula is C20H22N2O2. The molecule has 1 unspecified atom stereocenters. The Hall–Kier alpha value is -2.17. The second kappa shape index (κ2) is 6.75. The molecule has 2 heterocycles. The molecule has 1 saturated heterocycles. The van der Waals surface area contributed by atoms with Crippen molar-refractivity contribution in [1.29, 1.82) is 0 Å². The summed E-state index contributed by atoms with van der Waals surface area (Å²) in [5.41, 5.74) is 3.53. The third-order valence-corrected chi connectivity index (χ3v) is 4.87. The molecule has 0 saturated carbocycles. The van der Waals surface area contributed by atoms with E-state index in [1.807, 2.05) is 41.3 Å². The van der Waals surface area contributed by atoms with E-state index in [0.29, 0.717) is 13.2 Å². The monoisotopic (exact) mass is 322 g/mol. The van der Waals surface area contributed by atoms with Gasteiger partial charge in [0.25, 0.3) is 0 Å². The lowest BCUT2D eigenvalue weighted by atomic mass is 10.1. The Morgan fingerprint density at radius 2 is 1.83 bits per heavy atom.